The zero-order valence-corrected chi connectivity index (χ0v) is 39.9. The van der Waals surface area contributed by atoms with Gasteiger partial charge in [-0.1, -0.05) is 76.9 Å². The average Bonchev–Trinajstić information content (AvgIpc) is 3.16. The molecule has 0 saturated carbocycles. The van der Waals surface area contributed by atoms with E-state index in [-0.39, 0.29) is 61.9 Å². The molecule has 4 rings (SSSR count). The van der Waals surface area contributed by atoms with Crippen molar-refractivity contribution in [2.75, 3.05) is 52.0 Å². The molecule has 1 unspecified atom stereocenters. The first-order valence-corrected chi connectivity index (χ1v) is 24.5. The van der Waals surface area contributed by atoms with Crippen LogP contribution in [0.25, 0.3) is 0 Å². The molecule has 4 aromatic rings. The van der Waals surface area contributed by atoms with Gasteiger partial charge in [-0.3, -0.25) is 28.8 Å². The summed E-state index contributed by atoms with van der Waals surface area (Å²) in [5, 5.41) is 0. The molecule has 4 aromatic carbocycles. The topological polar surface area (TPSA) is 173 Å². The molecule has 12 nitrogen and oxygen atoms in total. The molecule has 0 aliphatic carbocycles. The van der Waals surface area contributed by atoms with Crippen LogP contribution in [0.2, 0.25) is 0 Å². The van der Waals surface area contributed by atoms with Gasteiger partial charge in [0.05, 0.1) is 26.4 Å². The number of hydrogen-bond acceptors (Lipinski definition) is 12. The molecule has 0 N–H and O–H groups in total. The maximum absolute atomic E-state index is 14.7. The lowest BCUT2D eigenvalue weighted by Gasteiger charge is -2.20. The first kappa shape index (κ1) is 50.5. The Hall–Kier alpha value is -5.12. The molecule has 0 aliphatic rings. The van der Waals surface area contributed by atoms with Crippen molar-refractivity contribution in [3.05, 3.63) is 138 Å². The van der Waals surface area contributed by atoms with Crippen LogP contribution in [-0.2, 0) is 37.7 Å². The molecule has 336 valence electrons. The number of aryl methyl sites for hydroxylation is 11. The molecule has 0 radical (unpaired) electrons. The first-order valence-electron chi connectivity index (χ1n) is 20.7. The maximum atomic E-state index is 14.7. The minimum Gasteiger partial charge on any atom is -0.463 e. The van der Waals surface area contributed by atoms with Crippen molar-refractivity contribution in [3.8, 4) is 0 Å². The van der Waals surface area contributed by atoms with Gasteiger partial charge in [0.15, 0.2) is 0 Å². The van der Waals surface area contributed by atoms with Crippen LogP contribution in [0.3, 0.4) is 0 Å². The third kappa shape index (κ3) is 12.1. The van der Waals surface area contributed by atoms with Gasteiger partial charge in [-0.05, 0) is 115 Å². The number of carbonyl (C=O) groups is 6. The molecular weight excluding hydrogens is 842 g/mol. The maximum Gasteiger partial charge on any atom is 0.314 e. The van der Waals surface area contributed by atoms with Crippen molar-refractivity contribution < 1.29 is 56.8 Å². The van der Waals surface area contributed by atoms with Gasteiger partial charge < -0.3 is 28.1 Å². The van der Waals surface area contributed by atoms with Crippen LogP contribution in [0.4, 0.5) is 0 Å². The van der Waals surface area contributed by atoms with Gasteiger partial charge in [0.2, 0.25) is 36.4 Å². The smallest absolute Gasteiger partial charge is 0.314 e. The Morgan fingerprint density at radius 1 is 0.381 bits per heavy atom. The highest BCUT2D eigenvalue weighted by Gasteiger charge is 2.46. The second-order valence-corrected chi connectivity index (χ2v) is 21.5. The highest BCUT2D eigenvalue weighted by Crippen LogP contribution is 2.55. The summed E-state index contributed by atoms with van der Waals surface area (Å²) in [4.78, 5) is 82.3. The number of carbonyl (C=O) groups excluding carboxylic acids is 6. The van der Waals surface area contributed by atoms with Gasteiger partial charge in [0, 0.05) is 22.3 Å². The fourth-order valence-corrected chi connectivity index (χ4v) is 12.7. The second-order valence-electron chi connectivity index (χ2n) is 16.3. The fraction of sp³-hybridized carbons (Fsp3) is 0.388. The summed E-state index contributed by atoms with van der Waals surface area (Å²) in [5.41, 5.74) is 4.31. The summed E-state index contributed by atoms with van der Waals surface area (Å²) in [6.45, 7) is 18.7. The van der Waals surface area contributed by atoms with Gasteiger partial charge >= 0.3 is 11.9 Å². The van der Waals surface area contributed by atoms with Crippen LogP contribution < -0.4 is 0 Å². The van der Waals surface area contributed by atoms with E-state index in [1.54, 1.807) is 97.0 Å². The number of esters is 2. The van der Waals surface area contributed by atoms with Crippen molar-refractivity contribution in [1.29, 1.82) is 0 Å². The van der Waals surface area contributed by atoms with Crippen LogP contribution in [0.1, 0.15) is 103 Å². The average molecular weight is 901 g/mol. The largest absolute Gasteiger partial charge is 0.463 e. The Morgan fingerprint density at radius 2 is 0.667 bits per heavy atom. The highest BCUT2D eigenvalue weighted by molar-refractivity contribution is 7.96. The molecule has 0 amide bonds. The lowest BCUT2D eigenvalue weighted by Crippen LogP contribution is -2.23. The van der Waals surface area contributed by atoms with E-state index < -0.39 is 60.6 Å². The SMILES string of the molecule is Cc1ccc(C(=O)P(=O)(CC(=O)OCCOCCOCCOC(=O)CP(=O)(C(=O)c2c(C)cc(C)cc2C)C(=O)c2c(C)cc(C)cc2C)C(=O)c2c(C)cc(C)cc2C)c(C)c1. The summed E-state index contributed by atoms with van der Waals surface area (Å²) in [5.74, 6) is -1.98. The van der Waals surface area contributed by atoms with Gasteiger partial charge in [-0.25, -0.2) is 0 Å². The molecule has 14 heteroatoms. The first-order chi connectivity index (χ1) is 29.5. The fourth-order valence-electron chi connectivity index (χ4n) is 8.02. The third-order valence-corrected chi connectivity index (χ3v) is 15.6. The lowest BCUT2D eigenvalue weighted by atomic mass is 10.0. The van der Waals surface area contributed by atoms with Gasteiger partial charge in [0.25, 0.3) is 0 Å². The second kappa shape index (κ2) is 21.5. The molecule has 0 saturated heterocycles. The van der Waals surface area contributed by atoms with Gasteiger partial charge in [-0.2, -0.15) is 0 Å². The third-order valence-electron chi connectivity index (χ3n) is 10.7. The highest BCUT2D eigenvalue weighted by atomic mass is 31.2. The molecule has 1 atom stereocenters. The normalized spacial score (nSPS) is 12.4. The van der Waals surface area contributed by atoms with E-state index in [1.807, 2.05) is 27.7 Å². The van der Waals surface area contributed by atoms with Crippen LogP contribution in [0.15, 0.2) is 54.6 Å². The molecule has 0 fully saturated rings. The predicted octanol–water partition coefficient (Wildman–Crippen LogP) is 9.59. The van der Waals surface area contributed by atoms with Crippen molar-refractivity contribution in [2.24, 2.45) is 0 Å². The van der Waals surface area contributed by atoms with Crippen molar-refractivity contribution >= 4 is 48.3 Å². The van der Waals surface area contributed by atoms with E-state index in [0.717, 1.165) is 22.3 Å². The zero-order valence-electron chi connectivity index (χ0n) is 38.1. The molecule has 0 heterocycles. The van der Waals surface area contributed by atoms with E-state index >= 15 is 0 Å². The van der Waals surface area contributed by atoms with Crippen molar-refractivity contribution in [2.45, 2.75) is 76.2 Å². The number of ether oxygens (including phenoxy) is 4. The Balaban J connectivity index is 1.30. The molecule has 63 heavy (non-hydrogen) atoms. The predicted molar refractivity (Wildman–Crippen MR) is 244 cm³/mol. The van der Waals surface area contributed by atoms with Crippen LogP contribution >= 0.6 is 14.3 Å². The Kier molecular flexibility index (Phi) is 17.2. The van der Waals surface area contributed by atoms with Crippen LogP contribution in [0, 0.1) is 76.2 Å². The quantitative estimate of drug-likeness (QED) is 0.0441. The van der Waals surface area contributed by atoms with E-state index in [1.165, 1.54) is 6.07 Å². The summed E-state index contributed by atoms with van der Waals surface area (Å²) in [6.07, 6.45) is -1.83. The van der Waals surface area contributed by atoms with Crippen molar-refractivity contribution in [3.63, 3.8) is 0 Å². The van der Waals surface area contributed by atoms with E-state index in [4.69, 9.17) is 18.9 Å². The summed E-state index contributed by atoms with van der Waals surface area (Å²) in [7, 11) is -9.14. The zero-order chi connectivity index (χ0) is 47.0. The molecule has 0 aromatic heterocycles. The van der Waals surface area contributed by atoms with E-state index in [2.05, 4.69) is 0 Å². The Bertz CT molecular complexity index is 2430. The molecule has 0 spiro atoms. The lowest BCUT2D eigenvalue weighted by molar-refractivity contribution is -0.143. The number of hydrogen-bond donors (Lipinski definition) is 0. The minimum absolute atomic E-state index is 0.0439. The standard InChI is InChI=1S/C49H58O12P2/c1-29-12-13-40(33(5)20-29)46(52)62(56,47(53)43-34(6)21-30(2)22-35(43)7)27-41(50)60-18-16-58-14-15-59-17-19-61-42(51)28-63(57,48(54)44-36(8)23-31(3)24-37(44)9)49(55)45-38(10)25-32(4)26-39(45)11/h12-13,20-26H,14-19,27-28H2,1-11H3. The van der Waals surface area contributed by atoms with Crippen LogP contribution in [0.5, 0.6) is 0 Å². The molecule has 0 aliphatic heterocycles. The van der Waals surface area contributed by atoms with Crippen LogP contribution in [-0.4, -0.2) is 86.0 Å². The minimum atomic E-state index is -4.58. The van der Waals surface area contributed by atoms with E-state index in [0.29, 0.717) is 38.9 Å². The molecular formula is C49H58O12P2. The monoisotopic (exact) mass is 900 g/mol. The Labute approximate surface area is 370 Å². The summed E-state index contributed by atoms with van der Waals surface area (Å²) < 4.78 is 50.7. The Morgan fingerprint density at radius 3 is 0.984 bits per heavy atom. The number of rotatable bonds is 21. The summed E-state index contributed by atoms with van der Waals surface area (Å²) in [6, 6.07) is 15.5. The van der Waals surface area contributed by atoms with Gasteiger partial charge in [-0.15, -0.1) is 0 Å². The van der Waals surface area contributed by atoms with E-state index in [9.17, 15) is 37.9 Å². The number of benzene rings is 4. The van der Waals surface area contributed by atoms with Gasteiger partial charge in [0.1, 0.15) is 25.5 Å². The summed E-state index contributed by atoms with van der Waals surface area (Å²) >= 11 is 0. The van der Waals surface area contributed by atoms with Crippen molar-refractivity contribution in [1.82, 2.24) is 0 Å². The molecule has 0 bridgehead atoms.